The predicted octanol–water partition coefficient (Wildman–Crippen LogP) is 3.06. The van der Waals surface area contributed by atoms with Gasteiger partial charge in [-0.2, -0.15) is 0 Å². The molecule has 1 nitrogen and oxygen atoms in total. The smallest absolute Gasteiger partial charge is 0.0468 e. The topological polar surface area (TPSA) is 20.2 Å². The molecule has 0 aromatic heterocycles. The van der Waals surface area contributed by atoms with E-state index in [1.54, 1.807) is 0 Å². The van der Waals surface area contributed by atoms with Gasteiger partial charge in [0.2, 0.25) is 0 Å². The summed E-state index contributed by atoms with van der Waals surface area (Å²) in [5, 5.41) is 8.68. The SMILES string of the molecule is CC.CC1=C(CCO)CCC=C1. The van der Waals surface area contributed by atoms with Gasteiger partial charge >= 0.3 is 0 Å². The summed E-state index contributed by atoms with van der Waals surface area (Å²) in [4.78, 5) is 0. The van der Waals surface area contributed by atoms with Crippen LogP contribution in [0.25, 0.3) is 0 Å². The first-order chi connectivity index (χ1) is 5.84. The number of allylic oxidation sites excluding steroid dienone is 3. The van der Waals surface area contributed by atoms with Crippen molar-refractivity contribution in [2.45, 2.75) is 40.0 Å². The Balaban J connectivity index is 0.000000561. The Bertz CT molecular complexity index is 166. The summed E-state index contributed by atoms with van der Waals surface area (Å²) in [5.74, 6) is 0. The van der Waals surface area contributed by atoms with Gasteiger partial charge in [0.25, 0.3) is 0 Å². The Labute approximate surface area is 75.8 Å². The van der Waals surface area contributed by atoms with E-state index < -0.39 is 0 Å². The fourth-order valence-electron chi connectivity index (χ4n) is 1.29. The molecule has 0 spiro atoms. The van der Waals surface area contributed by atoms with Crippen LogP contribution in [0.2, 0.25) is 0 Å². The van der Waals surface area contributed by atoms with Gasteiger partial charge in [0, 0.05) is 6.61 Å². The third kappa shape index (κ3) is 3.72. The molecule has 0 aromatic carbocycles. The zero-order chi connectivity index (χ0) is 9.40. The standard InChI is InChI=1S/C9H14O.C2H6/c1-8-4-2-3-5-9(8)6-7-10;1-2/h2,4,10H,3,5-7H2,1H3;1-2H3. The van der Waals surface area contributed by atoms with Crippen molar-refractivity contribution in [3.8, 4) is 0 Å². The molecule has 1 heteroatoms. The van der Waals surface area contributed by atoms with Gasteiger partial charge in [-0.1, -0.05) is 37.1 Å². The Morgan fingerprint density at radius 1 is 1.42 bits per heavy atom. The molecule has 1 N–H and O–H groups in total. The molecule has 0 aromatic rings. The van der Waals surface area contributed by atoms with Crippen LogP contribution in [0.15, 0.2) is 23.3 Å². The minimum Gasteiger partial charge on any atom is -0.396 e. The molecule has 0 bridgehead atoms. The lowest BCUT2D eigenvalue weighted by Crippen LogP contribution is -1.95. The van der Waals surface area contributed by atoms with E-state index >= 15 is 0 Å². The van der Waals surface area contributed by atoms with E-state index in [1.807, 2.05) is 13.8 Å². The lowest BCUT2D eigenvalue weighted by Gasteiger charge is -2.11. The van der Waals surface area contributed by atoms with Crippen LogP contribution in [-0.4, -0.2) is 11.7 Å². The van der Waals surface area contributed by atoms with Crippen LogP contribution in [-0.2, 0) is 0 Å². The second kappa shape index (κ2) is 7.11. The van der Waals surface area contributed by atoms with Gasteiger partial charge in [-0.25, -0.2) is 0 Å². The highest BCUT2D eigenvalue weighted by molar-refractivity contribution is 5.27. The molecule has 0 saturated heterocycles. The fourth-order valence-corrected chi connectivity index (χ4v) is 1.29. The third-order valence-corrected chi connectivity index (χ3v) is 1.95. The Hall–Kier alpha value is -0.560. The molecule has 12 heavy (non-hydrogen) atoms. The molecule has 1 aliphatic carbocycles. The quantitative estimate of drug-likeness (QED) is 0.672. The number of hydrogen-bond donors (Lipinski definition) is 1. The molecule has 0 atom stereocenters. The van der Waals surface area contributed by atoms with Gasteiger partial charge in [0.15, 0.2) is 0 Å². The number of rotatable bonds is 2. The van der Waals surface area contributed by atoms with Crippen molar-refractivity contribution in [3.63, 3.8) is 0 Å². The first-order valence-electron chi connectivity index (χ1n) is 4.80. The van der Waals surface area contributed by atoms with Crippen molar-refractivity contribution < 1.29 is 5.11 Å². The second-order valence-corrected chi connectivity index (χ2v) is 2.70. The molecule has 0 amide bonds. The van der Waals surface area contributed by atoms with E-state index in [0.717, 1.165) is 19.3 Å². The normalized spacial score (nSPS) is 15.7. The molecule has 0 aliphatic heterocycles. The fraction of sp³-hybridized carbons (Fsp3) is 0.636. The maximum atomic E-state index is 8.68. The van der Waals surface area contributed by atoms with Crippen LogP contribution in [0.1, 0.15) is 40.0 Å². The highest BCUT2D eigenvalue weighted by atomic mass is 16.2. The molecular formula is C11H20O. The van der Waals surface area contributed by atoms with Gasteiger partial charge < -0.3 is 5.11 Å². The summed E-state index contributed by atoms with van der Waals surface area (Å²) in [7, 11) is 0. The lowest BCUT2D eigenvalue weighted by molar-refractivity contribution is 0.297. The molecule has 0 unspecified atom stereocenters. The van der Waals surface area contributed by atoms with Gasteiger partial charge in [0.1, 0.15) is 0 Å². The first-order valence-corrected chi connectivity index (χ1v) is 4.80. The molecule has 70 valence electrons. The predicted molar refractivity (Wildman–Crippen MR) is 54.1 cm³/mol. The molecule has 1 rings (SSSR count). The van der Waals surface area contributed by atoms with Gasteiger partial charge in [-0.3, -0.25) is 0 Å². The Kier molecular flexibility index (Phi) is 6.78. The van der Waals surface area contributed by atoms with Crippen molar-refractivity contribution in [1.29, 1.82) is 0 Å². The van der Waals surface area contributed by atoms with Crippen LogP contribution in [0.5, 0.6) is 0 Å². The molecule has 0 heterocycles. The van der Waals surface area contributed by atoms with Crippen LogP contribution >= 0.6 is 0 Å². The van der Waals surface area contributed by atoms with E-state index in [0.29, 0.717) is 6.61 Å². The minimum absolute atomic E-state index is 0.292. The van der Waals surface area contributed by atoms with Crippen LogP contribution in [0.3, 0.4) is 0 Å². The number of aliphatic hydroxyl groups is 1. The van der Waals surface area contributed by atoms with E-state index in [9.17, 15) is 0 Å². The maximum Gasteiger partial charge on any atom is 0.0468 e. The van der Waals surface area contributed by atoms with Crippen LogP contribution < -0.4 is 0 Å². The van der Waals surface area contributed by atoms with E-state index in [-0.39, 0.29) is 0 Å². The van der Waals surface area contributed by atoms with Crippen molar-refractivity contribution in [2.75, 3.05) is 6.61 Å². The van der Waals surface area contributed by atoms with Crippen molar-refractivity contribution >= 4 is 0 Å². The molecular weight excluding hydrogens is 148 g/mol. The summed E-state index contributed by atoms with van der Waals surface area (Å²) in [6.07, 6.45) is 7.48. The average molecular weight is 168 g/mol. The van der Waals surface area contributed by atoms with Gasteiger partial charge in [0.05, 0.1) is 0 Å². The Morgan fingerprint density at radius 3 is 2.58 bits per heavy atom. The highest BCUT2D eigenvalue weighted by Crippen LogP contribution is 2.20. The summed E-state index contributed by atoms with van der Waals surface area (Å²) in [6.45, 7) is 6.40. The highest BCUT2D eigenvalue weighted by Gasteiger charge is 2.02. The second-order valence-electron chi connectivity index (χ2n) is 2.70. The summed E-state index contributed by atoms with van der Waals surface area (Å²) in [5.41, 5.74) is 2.77. The maximum absolute atomic E-state index is 8.68. The van der Waals surface area contributed by atoms with Crippen LogP contribution in [0, 0.1) is 0 Å². The summed E-state index contributed by atoms with van der Waals surface area (Å²) in [6, 6.07) is 0. The van der Waals surface area contributed by atoms with Crippen molar-refractivity contribution in [1.82, 2.24) is 0 Å². The lowest BCUT2D eigenvalue weighted by atomic mass is 9.96. The van der Waals surface area contributed by atoms with E-state index in [2.05, 4.69) is 19.1 Å². The largest absolute Gasteiger partial charge is 0.396 e. The Morgan fingerprint density at radius 2 is 2.08 bits per heavy atom. The van der Waals surface area contributed by atoms with Crippen molar-refractivity contribution in [3.05, 3.63) is 23.3 Å². The number of hydrogen-bond acceptors (Lipinski definition) is 1. The third-order valence-electron chi connectivity index (χ3n) is 1.95. The molecule has 0 fully saturated rings. The van der Waals surface area contributed by atoms with E-state index in [1.165, 1.54) is 11.1 Å². The number of aliphatic hydroxyl groups excluding tert-OH is 1. The first kappa shape index (κ1) is 11.4. The van der Waals surface area contributed by atoms with Crippen LogP contribution in [0.4, 0.5) is 0 Å². The average Bonchev–Trinajstić information content (AvgIpc) is 2.13. The molecule has 0 saturated carbocycles. The zero-order valence-corrected chi connectivity index (χ0v) is 8.43. The zero-order valence-electron chi connectivity index (χ0n) is 8.43. The minimum atomic E-state index is 0.292. The molecule has 1 aliphatic rings. The summed E-state index contributed by atoms with van der Waals surface area (Å²) < 4.78 is 0. The monoisotopic (exact) mass is 168 g/mol. The van der Waals surface area contributed by atoms with Crippen molar-refractivity contribution in [2.24, 2.45) is 0 Å². The summed E-state index contributed by atoms with van der Waals surface area (Å²) >= 11 is 0. The van der Waals surface area contributed by atoms with Gasteiger partial charge in [-0.15, -0.1) is 0 Å². The van der Waals surface area contributed by atoms with E-state index in [4.69, 9.17) is 5.11 Å². The molecule has 0 radical (unpaired) electrons. The van der Waals surface area contributed by atoms with Gasteiger partial charge in [-0.05, 0) is 26.2 Å².